The fraction of sp³-hybridized carbons (Fsp3) is 0.593. The molecule has 4 fully saturated rings. The van der Waals surface area contributed by atoms with Gasteiger partial charge in [0.1, 0.15) is 11.6 Å². The lowest BCUT2D eigenvalue weighted by atomic mass is 9.70. The van der Waals surface area contributed by atoms with Gasteiger partial charge in [-0.15, -0.1) is 6.58 Å². The number of carboxylic acids is 1. The molecular weight excluding hydrogens is 558 g/mol. The Kier molecular flexibility index (Phi) is 7.93. The van der Waals surface area contributed by atoms with Crippen molar-refractivity contribution >= 4 is 33.7 Å². The first-order valence-electron chi connectivity index (χ1n) is 13.1. The number of amides is 2. The van der Waals surface area contributed by atoms with E-state index in [-0.39, 0.29) is 17.3 Å². The standard InChI is InChI=1S/C27H34BrN3O7/c1-2-8-30(10-9-29-11-13-37-14-12-29)25(34)23-27-15-18(28)22(38-27)20(26(35)36)21(27)24(33)31(23)19(16-32)17-6-4-3-5-7-17/h2-7,18-23,32H,1,8-16H2,(H,35,36)/t18?,19-,20+,21-,22+,23+,27-/m1/s1. The van der Waals surface area contributed by atoms with Crippen LogP contribution in [-0.2, 0) is 23.9 Å². The number of morpholine rings is 1. The quantitative estimate of drug-likeness (QED) is 0.304. The van der Waals surface area contributed by atoms with E-state index in [9.17, 15) is 24.6 Å². The molecule has 206 valence electrons. The Labute approximate surface area is 230 Å². The molecule has 4 heterocycles. The van der Waals surface area contributed by atoms with Crippen LogP contribution in [0, 0.1) is 11.8 Å². The largest absolute Gasteiger partial charge is 0.481 e. The molecule has 0 aliphatic carbocycles. The number of likely N-dealkylation sites (tertiary alicyclic amines) is 1. The maximum Gasteiger partial charge on any atom is 0.310 e. The third kappa shape index (κ3) is 4.48. The molecule has 0 radical (unpaired) electrons. The number of fused-ring (bicyclic) bond motifs is 1. The number of benzene rings is 1. The number of aliphatic carboxylic acids is 1. The number of nitrogens with zero attached hydrogens (tertiary/aromatic N) is 3. The zero-order valence-corrected chi connectivity index (χ0v) is 22.7. The number of hydrogen-bond acceptors (Lipinski definition) is 7. The molecule has 0 aromatic heterocycles. The van der Waals surface area contributed by atoms with Gasteiger partial charge in [-0.3, -0.25) is 19.3 Å². The number of hydrogen-bond donors (Lipinski definition) is 2. The van der Waals surface area contributed by atoms with E-state index in [1.54, 1.807) is 35.2 Å². The number of aliphatic hydroxyl groups excluding tert-OH is 1. The maximum atomic E-state index is 14.4. The highest BCUT2D eigenvalue weighted by Crippen LogP contribution is 2.61. The molecule has 1 spiro atoms. The number of halogens is 1. The lowest BCUT2D eigenvalue weighted by Gasteiger charge is -2.40. The molecule has 1 aromatic carbocycles. The van der Waals surface area contributed by atoms with Gasteiger partial charge in [-0.05, 0) is 12.0 Å². The van der Waals surface area contributed by atoms with E-state index in [4.69, 9.17) is 9.47 Å². The van der Waals surface area contributed by atoms with E-state index in [0.29, 0.717) is 38.3 Å². The lowest BCUT2D eigenvalue weighted by Crippen LogP contribution is -2.58. The number of carbonyl (C=O) groups is 3. The Morgan fingerprint density at radius 2 is 1.97 bits per heavy atom. The number of carboxylic acid groups (broad SMARTS) is 1. The monoisotopic (exact) mass is 591 g/mol. The van der Waals surface area contributed by atoms with Gasteiger partial charge in [-0.25, -0.2) is 0 Å². The van der Waals surface area contributed by atoms with Crippen molar-refractivity contribution in [1.29, 1.82) is 0 Å². The summed E-state index contributed by atoms with van der Waals surface area (Å²) >= 11 is 3.57. The third-order valence-electron chi connectivity index (χ3n) is 8.39. The van der Waals surface area contributed by atoms with E-state index >= 15 is 0 Å². The minimum absolute atomic E-state index is 0.265. The molecule has 4 saturated heterocycles. The first-order chi connectivity index (χ1) is 18.3. The molecule has 2 amide bonds. The second kappa shape index (κ2) is 11.1. The topological polar surface area (TPSA) is 120 Å². The van der Waals surface area contributed by atoms with E-state index < -0.39 is 54.1 Å². The molecule has 38 heavy (non-hydrogen) atoms. The van der Waals surface area contributed by atoms with Crippen LogP contribution < -0.4 is 0 Å². The highest BCUT2D eigenvalue weighted by molar-refractivity contribution is 9.09. The predicted octanol–water partition coefficient (Wildman–Crippen LogP) is 0.899. The van der Waals surface area contributed by atoms with Crippen LogP contribution >= 0.6 is 15.9 Å². The van der Waals surface area contributed by atoms with Crippen molar-refractivity contribution < 1.29 is 34.1 Å². The average molecular weight is 592 g/mol. The van der Waals surface area contributed by atoms with Crippen LogP contribution in [-0.4, -0.2) is 118 Å². The summed E-state index contributed by atoms with van der Waals surface area (Å²) in [5.41, 5.74) is -0.644. The predicted molar refractivity (Wildman–Crippen MR) is 140 cm³/mol. The minimum Gasteiger partial charge on any atom is -0.481 e. The minimum atomic E-state index is -1.31. The van der Waals surface area contributed by atoms with Crippen molar-refractivity contribution in [1.82, 2.24) is 14.7 Å². The first-order valence-corrected chi connectivity index (χ1v) is 14.0. The summed E-state index contributed by atoms with van der Waals surface area (Å²) < 4.78 is 11.8. The second-order valence-corrected chi connectivity index (χ2v) is 11.6. The van der Waals surface area contributed by atoms with Gasteiger partial charge in [-0.1, -0.05) is 52.3 Å². The van der Waals surface area contributed by atoms with Gasteiger partial charge >= 0.3 is 5.97 Å². The molecule has 10 nitrogen and oxygen atoms in total. The first kappa shape index (κ1) is 27.3. The second-order valence-electron chi connectivity index (χ2n) is 10.4. The van der Waals surface area contributed by atoms with Crippen molar-refractivity contribution in [2.45, 2.75) is 35.0 Å². The Morgan fingerprint density at radius 3 is 2.61 bits per heavy atom. The van der Waals surface area contributed by atoms with Gasteiger partial charge < -0.3 is 29.5 Å². The lowest BCUT2D eigenvalue weighted by molar-refractivity contribution is -0.153. The SMILES string of the molecule is C=CCN(CCN1CCOCC1)C(=O)[C@@H]1N([C@H](CO)c2ccccc2)C(=O)[C@H]2[C@H](C(=O)O)[C@H]3O[C@@]12CC3Br. The van der Waals surface area contributed by atoms with Crippen molar-refractivity contribution in [2.75, 3.05) is 52.5 Å². The van der Waals surface area contributed by atoms with Crippen LogP contribution in [0.4, 0.5) is 0 Å². The Hall–Kier alpha value is -2.31. The Balaban J connectivity index is 1.54. The molecular formula is C27H34BrN3O7. The van der Waals surface area contributed by atoms with Crippen LogP contribution in [0.25, 0.3) is 0 Å². The fourth-order valence-electron chi connectivity index (χ4n) is 6.70. The normalized spacial score (nSPS) is 33.3. The van der Waals surface area contributed by atoms with Crippen molar-refractivity contribution in [3.63, 3.8) is 0 Å². The average Bonchev–Trinajstić information content (AvgIpc) is 3.51. The van der Waals surface area contributed by atoms with Crippen LogP contribution in [0.1, 0.15) is 18.0 Å². The zero-order valence-electron chi connectivity index (χ0n) is 21.2. The molecule has 2 bridgehead atoms. The molecule has 2 N–H and O–H groups in total. The highest BCUT2D eigenvalue weighted by Gasteiger charge is 2.77. The molecule has 1 unspecified atom stereocenters. The molecule has 4 aliphatic rings. The van der Waals surface area contributed by atoms with Crippen molar-refractivity contribution in [2.24, 2.45) is 11.8 Å². The molecule has 1 aromatic rings. The van der Waals surface area contributed by atoms with Gasteiger partial charge in [0.15, 0.2) is 0 Å². The summed E-state index contributed by atoms with van der Waals surface area (Å²) in [5, 5.41) is 20.6. The van der Waals surface area contributed by atoms with Crippen molar-refractivity contribution in [3.8, 4) is 0 Å². The van der Waals surface area contributed by atoms with Crippen LogP contribution in [0.5, 0.6) is 0 Å². The van der Waals surface area contributed by atoms with E-state index in [0.717, 1.165) is 13.1 Å². The molecule has 5 rings (SSSR count). The summed E-state index contributed by atoms with van der Waals surface area (Å²) in [5.74, 6) is -4.02. The summed E-state index contributed by atoms with van der Waals surface area (Å²) in [7, 11) is 0. The summed E-state index contributed by atoms with van der Waals surface area (Å²) in [6.45, 7) is 7.53. The van der Waals surface area contributed by atoms with Gasteiger partial charge in [0.05, 0.1) is 43.8 Å². The van der Waals surface area contributed by atoms with Gasteiger partial charge in [0, 0.05) is 37.6 Å². The molecule has 7 atom stereocenters. The molecule has 4 aliphatic heterocycles. The van der Waals surface area contributed by atoms with Crippen LogP contribution in [0.15, 0.2) is 43.0 Å². The smallest absolute Gasteiger partial charge is 0.310 e. The fourth-order valence-corrected chi connectivity index (χ4v) is 7.64. The highest BCUT2D eigenvalue weighted by atomic mass is 79.9. The number of aliphatic hydroxyl groups is 1. The zero-order chi connectivity index (χ0) is 27.0. The van der Waals surface area contributed by atoms with Crippen LogP contribution in [0.2, 0.25) is 0 Å². The van der Waals surface area contributed by atoms with E-state index in [1.165, 1.54) is 4.90 Å². The van der Waals surface area contributed by atoms with E-state index in [2.05, 4.69) is 27.4 Å². The van der Waals surface area contributed by atoms with Crippen LogP contribution in [0.3, 0.4) is 0 Å². The summed E-state index contributed by atoms with van der Waals surface area (Å²) in [6, 6.07) is 7.11. The number of rotatable bonds is 10. The van der Waals surface area contributed by atoms with Gasteiger partial charge in [0.25, 0.3) is 0 Å². The molecule has 11 heteroatoms. The number of alkyl halides is 1. The van der Waals surface area contributed by atoms with Gasteiger partial charge in [0.2, 0.25) is 11.8 Å². The maximum absolute atomic E-state index is 14.4. The Bertz CT molecular complexity index is 1070. The number of carbonyl (C=O) groups excluding carboxylic acids is 2. The van der Waals surface area contributed by atoms with Crippen molar-refractivity contribution in [3.05, 3.63) is 48.6 Å². The summed E-state index contributed by atoms with van der Waals surface area (Å²) in [6.07, 6.45) is 1.25. The Morgan fingerprint density at radius 1 is 1.26 bits per heavy atom. The number of ether oxygens (including phenoxy) is 2. The summed E-state index contributed by atoms with van der Waals surface area (Å²) in [4.78, 5) is 45.9. The molecule has 0 saturated carbocycles. The van der Waals surface area contributed by atoms with E-state index in [1.807, 2.05) is 6.07 Å². The van der Waals surface area contributed by atoms with Gasteiger partial charge in [-0.2, -0.15) is 0 Å². The third-order valence-corrected chi connectivity index (χ3v) is 9.24.